The van der Waals surface area contributed by atoms with Crippen LogP contribution in [0.25, 0.3) is 0 Å². The number of nitrogens with zero attached hydrogens (tertiary/aromatic N) is 1. The number of oxime groups is 1. The van der Waals surface area contributed by atoms with Crippen LogP contribution in [0.4, 0.5) is 0 Å². The predicted octanol–water partition coefficient (Wildman–Crippen LogP) is 6.72. The molecule has 2 N–H and O–H groups in total. The van der Waals surface area contributed by atoms with Gasteiger partial charge in [0.2, 0.25) is 0 Å². The molecule has 1 spiro atoms. The van der Waals surface area contributed by atoms with E-state index in [1.54, 1.807) is 40.2 Å². The molecule has 380 valence electrons. The third-order valence-corrected chi connectivity index (χ3v) is 15.0. The molecule has 0 unspecified atom stereocenters. The van der Waals surface area contributed by atoms with E-state index in [2.05, 4.69) is 45.0 Å². The number of hydrogen-bond donors (Lipinski definition) is 2. The number of fused-ring (bicyclic) bond motifs is 2. The number of ether oxygens (including phenoxy) is 10. The van der Waals surface area contributed by atoms with Crippen LogP contribution in [0.1, 0.15) is 114 Å². The van der Waals surface area contributed by atoms with Gasteiger partial charge >= 0.3 is 11.9 Å². The van der Waals surface area contributed by atoms with Crippen molar-refractivity contribution in [3.63, 3.8) is 0 Å². The van der Waals surface area contributed by atoms with E-state index in [1.165, 1.54) is 0 Å². The van der Waals surface area contributed by atoms with E-state index in [4.69, 9.17) is 52.2 Å². The summed E-state index contributed by atoms with van der Waals surface area (Å²) < 4.78 is 64.2. The number of carbonyl (C=O) groups is 2. The molecule has 19 atom stereocenters. The molecule has 16 heteroatoms. The highest BCUT2D eigenvalue weighted by molar-refractivity contribution is 6.07. The third kappa shape index (κ3) is 11.3. The monoisotopic (exact) mass is 956 g/mol. The second kappa shape index (κ2) is 22.5. The summed E-state index contributed by atoms with van der Waals surface area (Å²) in [5.41, 5.74) is 0.211. The van der Waals surface area contributed by atoms with E-state index < -0.39 is 103 Å². The maximum Gasteiger partial charge on any atom is 0.335 e. The standard InChI is InChI=1S/C52H77NO15/c1-12-15-41(54)68-53-44-32(7)22-38-50(56)63-37-23-36(66-51(26-37)21-20-31(6)47(67-51)28(3)13-2)19-18-30(5)46(29(4)16-14-17-35-27-60-49(44)52(35,38)57)64-43-25-40(59-11)48(34(9)62-43)65-42-24-39(58-10)45(55)33(8)61-42/h14,16-18,20-22,28-29,31,33-34,36-40,42-43,45-49,55,57H,12-13,15,19,23-27H2,1-11H3/b16-14-,30-18-,35-17?,53-44+/t28-,29-,31-,33-,34-,36+,37-,38-,39-,40-,42-,43-,45-,46-,47+,48-,49+,51+,52+/m0/s1. The molecule has 0 radical (unpaired) electrons. The fraction of sp³-hybridized carbons (Fsp3) is 0.750. The van der Waals surface area contributed by atoms with Crippen molar-refractivity contribution in [2.24, 2.45) is 28.8 Å². The molecule has 0 amide bonds. The minimum atomic E-state index is -1.92. The van der Waals surface area contributed by atoms with Crippen LogP contribution in [0.3, 0.4) is 0 Å². The number of rotatable bonds is 11. The second-order valence-corrected chi connectivity index (χ2v) is 20.1. The summed E-state index contributed by atoms with van der Waals surface area (Å²) in [7, 11) is 3.21. The summed E-state index contributed by atoms with van der Waals surface area (Å²) in [6.07, 6.45) is 9.90. The average molecular weight is 956 g/mol. The van der Waals surface area contributed by atoms with Gasteiger partial charge in [-0.25, -0.2) is 4.79 Å². The van der Waals surface area contributed by atoms with Crippen molar-refractivity contribution in [2.75, 3.05) is 20.8 Å². The lowest BCUT2D eigenvalue weighted by Gasteiger charge is -2.48. The van der Waals surface area contributed by atoms with E-state index in [1.807, 2.05) is 39.0 Å². The lowest BCUT2D eigenvalue weighted by Crippen LogP contribution is -2.57. The van der Waals surface area contributed by atoms with Gasteiger partial charge in [0.05, 0.1) is 49.3 Å². The maximum absolute atomic E-state index is 14.7. The van der Waals surface area contributed by atoms with Crippen LogP contribution in [0.5, 0.6) is 0 Å². The summed E-state index contributed by atoms with van der Waals surface area (Å²) in [5, 5.41) is 27.7. The largest absolute Gasteiger partial charge is 0.462 e. The molecule has 0 aromatic rings. The minimum absolute atomic E-state index is 0.0190. The van der Waals surface area contributed by atoms with Gasteiger partial charge in [-0.05, 0) is 69.2 Å². The summed E-state index contributed by atoms with van der Waals surface area (Å²) in [5.74, 6) is -3.29. The summed E-state index contributed by atoms with van der Waals surface area (Å²) in [6, 6.07) is 0. The molecule has 7 aliphatic rings. The summed E-state index contributed by atoms with van der Waals surface area (Å²) in [6.45, 7) is 17.9. The fourth-order valence-corrected chi connectivity index (χ4v) is 10.9. The number of allylic oxidation sites excluding steroid dienone is 2. The number of carbonyl (C=O) groups excluding carboxylic acids is 2. The Morgan fingerprint density at radius 1 is 0.941 bits per heavy atom. The van der Waals surface area contributed by atoms with Crippen molar-refractivity contribution >= 4 is 17.7 Å². The van der Waals surface area contributed by atoms with E-state index in [9.17, 15) is 19.8 Å². The number of hydrogen-bond acceptors (Lipinski definition) is 16. The Bertz CT molecular complexity index is 1960. The van der Waals surface area contributed by atoms with Gasteiger partial charge in [-0.1, -0.05) is 82.7 Å². The first-order valence-electron chi connectivity index (χ1n) is 24.9. The molecule has 1 aliphatic carbocycles. The van der Waals surface area contributed by atoms with Crippen LogP contribution in [0, 0.1) is 23.7 Å². The lowest BCUT2D eigenvalue weighted by molar-refractivity contribution is -0.318. The Hall–Kier alpha value is -3.13. The zero-order valence-corrected chi connectivity index (χ0v) is 41.9. The molecule has 4 saturated heterocycles. The van der Waals surface area contributed by atoms with Crippen LogP contribution in [-0.2, 0) is 61.8 Å². The van der Waals surface area contributed by atoms with E-state index >= 15 is 0 Å². The van der Waals surface area contributed by atoms with E-state index in [0.717, 1.165) is 12.0 Å². The average Bonchev–Trinajstić information content (AvgIpc) is 3.64. The first-order chi connectivity index (χ1) is 32.4. The summed E-state index contributed by atoms with van der Waals surface area (Å²) in [4.78, 5) is 32.4. The van der Waals surface area contributed by atoms with E-state index in [-0.39, 0.29) is 49.0 Å². The van der Waals surface area contributed by atoms with Crippen molar-refractivity contribution < 1.29 is 72.0 Å². The van der Waals surface area contributed by atoms with Gasteiger partial charge in [-0.15, -0.1) is 0 Å². The highest BCUT2D eigenvalue weighted by Gasteiger charge is 2.60. The first-order valence-corrected chi connectivity index (χ1v) is 24.9. The number of aliphatic hydroxyl groups excluding tert-OH is 1. The Balaban J connectivity index is 1.21. The SMILES string of the molecule is CCCC(=O)O/N=C1\C(C)=C[C@H]2C(=O)O[C@H]3C[C@@H](C/C=C(/C)[C@@H](O[C@H]4C[C@H](OC)[C@@H](O[C@H]5C[C@H](OC)[C@@H](O)[C@H](C)O5)[C@H](C)O4)[C@@H](C)/C=C\C=C4CO[C@H]1[C@@]42O)O[C@@]1(C=C[C@H](C)[C@@H]([C@@H](C)CC)O1)C3. The molecule has 68 heavy (non-hydrogen) atoms. The normalized spacial score (nSPS) is 44.5. The quantitative estimate of drug-likeness (QED) is 0.0961. The zero-order valence-electron chi connectivity index (χ0n) is 41.9. The third-order valence-electron chi connectivity index (χ3n) is 15.0. The van der Waals surface area contributed by atoms with Gasteiger partial charge in [0, 0.05) is 58.2 Å². The van der Waals surface area contributed by atoms with Crippen LogP contribution in [0.15, 0.2) is 64.4 Å². The molecule has 6 aliphatic heterocycles. The van der Waals surface area contributed by atoms with Gasteiger partial charge in [-0.3, -0.25) is 4.79 Å². The van der Waals surface area contributed by atoms with Crippen molar-refractivity contribution in [3.8, 4) is 0 Å². The minimum Gasteiger partial charge on any atom is -0.462 e. The molecule has 6 heterocycles. The molecule has 2 bridgehead atoms. The fourth-order valence-electron chi connectivity index (χ4n) is 10.9. The molecular formula is C52H77NO15. The Kier molecular flexibility index (Phi) is 17.5. The highest BCUT2D eigenvalue weighted by Crippen LogP contribution is 2.46. The molecule has 0 saturated carbocycles. The van der Waals surface area contributed by atoms with Crippen LogP contribution in [0.2, 0.25) is 0 Å². The molecule has 0 aromatic heterocycles. The zero-order chi connectivity index (χ0) is 49.1. The van der Waals surface area contributed by atoms with Gasteiger partial charge in [-0.2, -0.15) is 0 Å². The van der Waals surface area contributed by atoms with Crippen molar-refractivity contribution in [3.05, 3.63) is 59.3 Å². The maximum atomic E-state index is 14.7. The molecular weight excluding hydrogens is 879 g/mol. The Morgan fingerprint density at radius 3 is 2.38 bits per heavy atom. The Labute approximate surface area is 402 Å². The Morgan fingerprint density at radius 2 is 1.66 bits per heavy atom. The van der Waals surface area contributed by atoms with Gasteiger partial charge in [0.15, 0.2) is 18.4 Å². The molecule has 0 aromatic carbocycles. The number of esters is 1. The van der Waals surface area contributed by atoms with Crippen molar-refractivity contribution in [1.82, 2.24) is 0 Å². The topological polar surface area (TPSA) is 188 Å². The van der Waals surface area contributed by atoms with Crippen LogP contribution >= 0.6 is 0 Å². The van der Waals surface area contributed by atoms with E-state index in [0.29, 0.717) is 43.3 Å². The number of aliphatic hydroxyl groups is 2. The summed E-state index contributed by atoms with van der Waals surface area (Å²) >= 11 is 0. The lowest BCUT2D eigenvalue weighted by atomic mass is 9.71. The van der Waals surface area contributed by atoms with Gasteiger partial charge < -0.3 is 62.4 Å². The first kappa shape index (κ1) is 52.7. The number of methoxy groups -OCH3 is 2. The molecule has 7 rings (SSSR count). The van der Waals surface area contributed by atoms with Gasteiger partial charge in [0.1, 0.15) is 41.6 Å². The van der Waals surface area contributed by atoms with Crippen LogP contribution in [-0.4, -0.2) is 140 Å². The van der Waals surface area contributed by atoms with Gasteiger partial charge in [0.25, 0.3) is 0 Å². The second-order valence-electron chi connectivity index (χ2n) is 20.1. The smallest absolute Gasteiger partial charge is 0.335 e. The molecule has 4 fully saturated rings. The molecule has 16 nitrogen and oxygen atoms in total. The predicted molar refractivity (Wildman–Crippen MR) is 250 cm³/mol. The van der Waals surface area contributed by atoms with Crippen molar-refractivity contribution in [2.45, 2.75) is 205 Å². The van der Waals surface area contributed by atoms with Crippen LogP contribution < -0.4 is 0 Å². The highest BCUT2D eigenvalue weighted by atomic mass is 16.7. The van der Waals surface area contributed by atoms with Crippen molar-refractivity contribution in [1.29, 1.82) is 0 Å².